The van der Waals surface area contributed by atoms with Crippen molar-refractivity contribution in [2.24, 2.45) is 0 Å². The maximum absolute atomic E-state index is 12.4. The molecule has 0 radical (unpaired) electrons. The molecule has 1 heterocycles. The van der Waals surface area contributed by atoms with Crippen LogP contribution < -0.4 is 15.4 Å². The standard InChI is InChI=1S/C17H16N2O3S/c1-10-16(20)19-14-8-11(6-7-15(14)23-10)17(21)18-12-4-3-5-13(9-12)22-2/h3-10H,1-2H3,(H,18,21)(H,19,20)/t10-/m1/s1. The van der Waals surface area contributed by atoms with E-state index >= 15 is 0 Å². The fraction of sp³-hybridized carbons (Fsp3) is 0.176. The van der Waals surface area contributed by atoms with E-state index in [1.54, 1.807) is 37.4 Å². The third-order valence-electron chi connectivity index (χ3n) is 3.50. The van der Waals surface area contributed by atoms with Gasteiger partial charge in [0.2, 0.25) is 5.91 Å². The predicted octanol–water partition coefficient (Wildman–Crippen LogP) is 3.38. The lowest BCUT2D eigenvalue weighted by molar-refractivity contribution is -0.115. The number of amides is 2. The Bertz CT molecular complexity index is 776. The van der Waals surface area contributed by atoms with E-state index in [1.807, 2.05) is 19.1 Å². The molecule has 0 bridgehead atoms. The highest BCUT2D eigenvalue weighted by molar-refractivity contribution is 8.00. The van der Waals surface area contributed by atoms with Crippen molar-refractivity contribution >= 4 is 35.0 Å². The van der Waals surface area contributed by atoms with Crippen LogP contribution >= 0.6 is 11.8 Å². The monoisotopic (exact) mass is 328 g/mol. The zero-order valence-electron chi connectivity index (χ0n) is 12.8. The summed E-state index contributed by atoms with van der Waals surface area (Å²) in [5.41, 5.74) is 1.82. The van der Waals surface area contributed by atoms with Gasteiger partial charge in [-0.3, -0.25) is 9.59 Å². The van der Waals surface area contributed by atoms with Gasteiger partial charge in [-0.05, 0) is 37.3 Å². The SMILES string of the molecule is COc1cccc(NC(=O)c2ccc3c(c2)NC(=O)[C@@H](C)S3)c1. The van der Waals surface area contributed by atoms with E-state index in [1.165, 1.54) is 11.8 Å². The second-order valence-electron chi connectivity index (χ2n) is 5.15. The molecule has 0 aliphatic carbocycles. The van der Waals surface area contributed by atoms with Crippen LogP contribution in [0.25, 0.3) is 0 Å². The summed E-state index contributed by atoms with van der Waals surface area (Å²) in [6.45, 7) is 1.85. The summed E-state index contributed by atoms with van der Waals surface area (Å²) in [7, 11) is 1.58. The van der Waals surface area contributed by atoms with Crippen molar-refractivity contribution in [2.75, 3.05) is 17.7 Å². The molecule has 0 fully saturated rings. The van der Waals surface area contributed by atoms with Crippen LogP contribution in [0.5, 0.6) is 5.75 Å². The van der Waals surface area contributed by atoms with Gasteiger partial charge in [-0.2, -0.15) is 0 Å². The molecular weight excluding hydrogens is 312 g/mol. The Morgan fingerprint density at radius 3 is 2.87 bits per heavy atom. The van der Waals surface area contributed by atoms with Gasteiger partial charge in [-0.15, -0.1) is 11.8 Å². The van der Waals surface area contributed by atoms with Crippen molar-refractivity contribution in [1.82, 2.24) is 0 Å². The summed E-state index contributed by atoms with van der Waals surface area (Å²) in [5, 5.41) is 5.52. The molecule has 0 aromatic heterocycles. The number of fused-ring (bicyclic) bond motifs is 1. The summed E-state index contributed by atoms with van der Waals surface area (Å²) >= 11 is 1.49. The summed E-state index contributed by atoms with van der Waals surface area (Å²) < 4.78 is 5.14. The second kappa shape index (κ2) is 6.34. The van der Waals surface area contributed by atoms with E-state index in [2.05, 4.69) is 10.6 Å². The fourth-order valence-electron chi connectivity index (χ4n) is 2.25. The van der Waals surface area contributed by atoms with Crippen LogP contribution in [-0.4, -0.2) is 24.2 Å². The molecule has 118 valence electrons. The van der Waals surface area contributed by atoms with Crippen molar-refractivity contribution in [3.8, 4) is 5.75 Å². The Morgan fingerprint density at radius 1 is 1.26 bits per heavy atom. The van der Waals surface area contributed by atoms with Gasteiger partial charge in [0, 0.05) is 22.2 Å². The Labute approximate surface area is 138 Å². The number of methoxy groups -OCH3 is 1. The largest absolute Gasteiger partial charge is 0.497 e. The van der Waals surface area contributed by atoms with Gasteiger partial charge in [-0.1, -0.05) is 6.07 Å². The van der Waals surface area contributed by atoms with Crippen molar-refractivity contribution in [1.29, 1.82) is 0 Å². The van der Waals surface area contributed by atoms with Gasteiger partial charge in [0.1, 0.15) is 5.75 Å². The maximum Gasteiger partial charge on any atom is 0.255 e. The molecule has 2 aromatic carbocycles. The molecule has 23 heavy (non-hydrogen) atoms. The van der Waals surface area contributed by atoms with E-state index in [0.717, 1.165) is 4.90 Å². The molecule has 0 saturated carbocycles. The van der Waals surface area contributed by atoms with Crippen molar-refractivity contribution in [3.63, 3.8) is 0 Å². The molecule has 1 atom stereocenters. The summed E-state index contributed by atoms with van der Waals surface area (Å²) in [5.74, 6) is 0.387. The fourth-order valence-corrected chi connectivity index (χ4v) is 3.18. The predicted molar refractivity (Wildman–Crippen MR) is 91.3 cm³/mol. The first-order valence-electron chi connectivity index (χ1n) is 7.14. The first-order valence-corrected chi connectivity index (χ1v) is 8.02. The van der Waals surface area contributed by atoms with Crippen molar-refractivity contribution < 1.29 is 14.3 Å². The lowest BCUT2D eigenvalue weighted by Crippen LogP contribution is -2.26. The highest BCUT2D eigenvalue weighted by Crippen LogP contribution is 2.36. The van der Waals surface area contributed by atoms with Crippen LogP contribution in [0.2, 0.25) is 0 Å². The van der Waals surface area contributed by atoms with E-state index in [4.69, 9.17) is 4.74 Å². The number of carbonyl (C=O) groups is 2. The van der Waals surface area contributed by atoms with E-state index in [-0.39, 0.29) is 17.1 Å². The molecule has 2 amide bonds. The molecular formula is C17H16N2O3S. The molecule has 3 rings (SSSR count). The lowest BCUT2D eigenvalue weighted by Gasteiger charge is -2.21. The smallest absolute Gasteiger partial charge is 0.255 e. The normalized spacial score (nSPS) is 16.3. The first kappa shape index (κ1) is 15.4. The first-order chi connectivity index (χ1) is 11.1. The highest BCUT2D eigenvalue weighted by atomic mass is 32.2. The topological polar surface area (TPSA) is 67.4 Å². The number of ether oxygens (including phenoxy) is 1. The minimum Gasteiger partial charge on any atom is -0.497 e. The zero-order chi connectivity index (χ0) is 16.4. The summed E-state index contributed by atoms with van der Waals surface area (Å²) in [6.07, 6.45) is 0. The third-order valence-corrected chi connectivity index (χ3v) is 4.68. The van der Waals surface area contributed by atoms with Gasteiger partial charge in [0.15, 0.2) is 0 Å². The number of hydrogen-bond donors (Lipinski definition) is 2. The van der Waals surface area contributed by atoms with Gasteiger partial charge >= 0.3 is 0 Å². The maximum atomic E-state index is 12.4. The van der Waals surface area contributed by atoms with Crippen molar-refractivity contribution in [3.05, 3.63) is 48.0 Å². The third kappa shape index (κ3) is 3.32. The van der Waals surface area contributed by atoms with Crippen LogP contribution in [0, 0.1) is 0 Å². The average molecular weight is 328 g/mol. The number of anilines is 2. The number of carbonyl (C=O) groups excluding carboxylic acids is 2. The zero-order valence-corrected chi connectivity index (χ0v) is 13.6. The Balaban J connectivity index is 1.80. The average Bonchev–Trinajstić information content (AvgIpc) is 2.55. The van der Waals surface area contributed by atoms with Gasteiger partial charge in [-0.25, -0.2) is 0 Å². The molecule has 2 N–H and O–H groups in total. The number of benzene rings is 2. The van der Waals surface area contributed by atoms with Gasteiger partial charge in [0.05, 0.1) is 18.0 Å². The van der Waals surface area contributed by atoms with E-state index in [9.17, 15) is 9.59 Å². The van der Waals surface area contributed by atoms with E-state index < -0.39 is 0 Å². The molecule has 6 heteroatoms. The Morgan fingerprint density at radius 2 is 2.09 bits per heavy atom. The Hall–Kier alpha value is -2.47. The molecule has 0 unspecified atom stereocenters. The number of hydrogen-bond acceptors (Lipinski definition) is 4. The second-order valence-corrected chi connectivity index (χ2v) is 6.53. The number of thioether (sulfide) groups is 1. The van der Waals surface area contributed by atoms with Crippen LogP contribution in [-0.2, 0) is 4.79 Å². The van der Waals surface area contributed by atoms with Crippen LogP contribution in [0.15, 0.2) is 47.4 Å². The minimum absolute atomic E-state index is 0.0483. The molecule has 1 aliphatic rings. The van der Waals surface area contributed by atoms with E-state index in [0.29, 0.717) is 22.7 Å². The number of nitrogens with one attached hydrogen (secondary N) is 2. The minimum atomic E-state index is -0.237. The summed E-state index contributed by atoms with van der Waals surface area (Å²) in [6, 6.07) is 12.5. The quantitative estimate of drug-likeness (QED) is 0.906. The number of rotatable bonds is 3. The van der Waals surface area contributed by atoms with Crippen LogP contribution in [0.4, 0.5) is 11.4 Å². The highest BCUT2D eigenvalue weighted by Gasteiger charge is 2.23. The molecule has 2 aromatic rings. The van der Waals surface area contributed by atoms with Crippen LogP contribution in [0.1, 0.15) is 17.3 Å². The summed E-state index contributed by atoms with van der Waals surface area (Å²) in [4.78, 5) is 25.1. The van der Waals surface area contributed by atoms with Crippen LogP contribution in [0.3, 0.4) is 0 Å². The van der Waals surface area contributed by atoms with Gasteiger partial charge in [0.25, 0.3) is 5.91 Å². The molecule has 0 spiro atoms. The van der Waals surface area contributed by atoms with Crippen molar-refractivity contribution in [2.45, 2.75) is 17.1 Å². The lowest BCUT2D eigenvalue weighted by atomic mass is 10.1. The van der Waals surface area contributed by atoms with Gasteiger partial charge < -0.3 is 15.4 Å². The molecule has 0 saturated heterocycles. The Kier molecular flexibility index (Phi) is 4.25. The molecule has 1 aliphatic heterocycles. The molecule has 5 nitrogen and oxygen atoms in total.